The first-order chi connectivity index (χ1) is 15.4. The summed E-state index contributed by atoms with van der Waals surface area (Å²) in [6.07, 6.45) is 6.35. The summed E-state index contributed by atoms with van der Waals surface area (Å²) in [6.45, 7) is 7.74. The second-order valence-corrected chi connectivity index (χ2v) is 8.24. The number of hydrogen-bond donors (Lipinski definition) is 1. The molecule has 166 valence electrons. The summed E-state index contributed by atoms with van der Waals surface area (Å²) in [4.78, 5) is 31.2. The molecule has 0 radical (unpaired) electrons. The van der Waals surface area contributed by atoms with E-state index >= 15 is 0 Å². The molecule has 0 spiro atoms. The van der Waals surface area contributed by atoms with Crippen molar-refractivity contribution in [1.82, 2.24) is 14.9 Å². The van der Waals surface area contributed by atoms with E-state index in [1.165, 1.54) is 23.2 Å². The van der Waals surface area contributed by atoms with Crippen molar-refractivity contribution in [3.8, 4) is 11.1 Å². The van der Waals surface area contributed by atoms with Gasteiger partial charge in [0.05, 0.1) is 6.54 Å². The normalized spacial score (nSPS) is 16.0. The first-order valence-electron chi connectivity index (χ1n) is 10.9. The van der Waals surface area contributed by atoms with Gasteiger partial charge >= 0.3 is 0 Å². The number of carbonyl (C=O) groups is 1. The van der Waals surface area contributed by atoms with E-state index in [1.54, 1.807) is 19.4 Å². The largest absolute Gasteiger partial charge is 0.370 e. The highest BCUT2D eigenvalue weighted by Gasteiger charge is 2.23. The van der Waals surface area contributed by atoms with E-state index < -0.39 is 0 Å². The monoisotopic (exact) mass is 431 g/mol. The highest BCUT2D eigenvalue weighted by molar-refractivity contribution is 6.09. The van der Waals surface area contributed by atoms with Crippen LogP contribution in [0.3, 0.4) is 0 Å². The molecule has 3 heterocycles. The van der Waals surface area contributed by atoms with E-state index in [1.807, 2.05) is 13.0 Å². The molecule has 2 aromatic rings. The third kappa shape index (κ3) is 4.69. The number of amides is 1. The zero-order valence-corrected chi connectivity index (χ0v) is 18.9. The van der Waals surface area contributed by atoms with Crippen molar-refractivity contribution in [2.24, 2.45) is 4.99 Å². The second kappa shape index (κ2) is 9.30. The number of aliphatic imine (C=N–C) groups is 1. The van der Waals surface area contributed by atoms with Gasteiger partial charge in [0.1, 0.15) is 0 Å². The van der Waals surface area contributed by atoms with Gasteiger partial charge in [0, 0.05) is 92.9 Å². The molecule has 0 atom stereocenters. The number of benzene rings is 1. The molecule has 1 aromatic carbocycles. The highest BCUT2D eigenvalue weighted by atomic mass is 16.2. The van der Waals surface area contributed by atoms with Gasteiger partial charge in [0.15, 0.2) is 0 Å². The predicted molar refractivity (Wildman–Crippen MR) is 129 cm³/mol. The first kappa shape index (κ1) is 21.7. The van der Waals surface area contributed by atoms with Crippen LogP contribution in [0.4, 0.5) is 11.6 Å². The molecule has 0 saturated carbocycles. The maximum atomic E-state index is 11.6. The van der Waals surface area contributed by atoms with E-state index in [-0.39, 0.29) is 5.91 Å². The van der Waals surface area contributed by atoms with Gasteiger partial charge in [-0.05, 0) is 19.1 Å². The number of allylic oxidation sites excluding steroid dienone is 1. The molecular formula is C24H29N7O. The Kier molecular flexibility index (Phi) is 6.30. The zero-order chi connectivity index (χ0) is 22.7. The summed E-state index contributed by atoms with van der Waals surface area (Å²) >= 11 is 0. The third-order valence-corrected chi connectivity index (χ3v) is 5.88. The van der Waals surface area contributed by atoms with Crippen LogP contribution in [0.1, 0.15) is 20.3 Å². The summed E-state index contributed by atoms with van der Waals surface area (Å²) in [5.41, 5.74) is 6.10. The standard InChI is InChI=1S/C24H29N7O/c1-17(25)12-20-13-21(16-26-20)30-8-10-31(11-9-30)23-7-5-4-6-22(23)19-14-27-24(28-15-19)29(3)18(2)32/h4-7,13-15,25H,8-12,16H2,1-3H3. The number of anilines is 2. The average Bonchev–Trinajstić information content (AvgIpc) is 3.26. The van der Waals surface area contributed by atoms with Gasteiger partial charge in [0.25, 0.3) is 0 Å². The van der Waals surface area contributed by atoms with Gasteiger partial charge in [-0.2, -0.15) is 0 Å². The fourth-order valence-electron chi connectivity index (χ4n) is 4.04. The molecule has 8 heteroatoms. The molecule has 32 heavy (non-hydrogen) atoms. The number of aromatic nitrogens is 2. The van der Waals surface area contributed by atoms with Crippen LogP contribution in [0.5, 0.6) is 0 Å². The number of nitrogens with zero attached hydrogens (tertiary/aromatic N) is 6. The smallest absolute Gasteiger partial charge is 0.231 e. The van der Waals surface area contributed by atoms with Crippen molar-refractivity contribution in [2.45, 2.75) is 20.3 Å². The molecule has 0 bridgehead atoms. The number of para-hydroxylation sites is 1. The molecular weight excluding hydrogens is 402 g/mol. The van der Waals surface area contributed by atoms with Crippen LogP contribution < -0.4 is 9.80 Å². The molecule has 8 nitrogen and oxygen atoms in total. The van der Waals surface area contributed by atoms with Gasteiger partial charge in [-0.25, -0.2) is 9.97 Å². The van der Waals surface area contributed by atoms with E-state index in [2.05, 4.69) is 49.0 Å². The van der Waals surface area contributed by atoms with Crippen LogP contribution in [-0.2, 0) is 4.79 Å². The van der Waals surface area contributed by atoms with Crippen LogP contribution in [0.25, 0.3) is 11.1 Å². The Labute approximate surface area is 188 Å². The molecule has 1 saturated heterocycles. The molecule has 2 aliphatic heterocycles. The Hall–Kier alpha value is -3.55. The lowest BCUT2D eigenvalue weighted by Crippen LogP contribution is -2.46. The number of carbonyl (C=O) groups excluding carboxylic acids is 1. The lowest BCUT2D eigenvalue weighted by molar-refractivity contribution is -0.116. The van der Waals surface area contributed by atoms with Gasteiger partial charge in [0.2, 0.25) is 11.9 Å². The fraction of sp³-hybridized carbons (Fsp3) is 0.375. The topological polar surface area (TPSA) is 88.8 Å². The van der Waals surface area contributed by atoms with Crippen LogP contribution in [0, 0.1) is 5.41 Å². The van der Waals surface area contributed by atoms with Gasteiger partial charge in [-0.1, -0.05) is 18.2 Å². The van der Waals surface area contributed by atoms with Gasteiger partial charge in [-0.3, -0.25) is 14.7 Å². The lowest BCUT2D eigenvalue weighted by Gasteiger charge is -2.38. The van der Waals surface area contributed by atoms with E-state index in [4.69, 9.17) is 5.41 Å². The molecule has 1 aromatic heterocycles. The summed E-state index contributed by atoms with van der Waals surface area (Å²) in [5.74, 6) is 0.302. The van der Waals surface area contributed by atoms with Crippen molar-refractivity contribution >= 4 is 29.0 Å². The van der Waals surface area contributed by atoms with E-state index in [9.17, 15) is 4.79 Å². The van der Waals surface area contributed by atoms with E-state index in [0.717, 1.165) is 49.6 Å². The number of nitrogens with one attached hydrogen (secondary N) is 1. The number of hydrogen-bond acceptors (Lipinski definition) is 7. The minimum atomic E-state index is -0.0983. The summed E-state index contributed by atoms with van der Waals surface area (Å²) in [7, 11) is 1.67. The predicted octanol–water partition coefficient (Wildman–Crippen LogP) is 3.02. The second-order valence-electron chi connectivity index (χ2n) is 8.24. The van der Waals surface area contributed by atoms with Gasteiger partial charge in [-0.15, -0.1) is 0 Å². The van der Waals surface area contributed by atoms with Crippen LogP contribution in [0.15, 0.2) is 53.4 Å². The van der Waals surface area contributed by atoms with Crippen molar-refractivity contribution in [3.63, 3.8) is 0 Å². The Morgan fingerprint density at radius 1 is 1.06 bits per heavy atom. The van der Waals surface area contributed by atoms with Crippen LogP contribution in [0.2, 0.25) is 0 Å². The molecule has 2 aliphatic rings. The molecule has 1 amide bonds. The minimum absolute atomic E-state index is 0.0983. The molecule has 0 unspecified atom stereocenters. The first-order valence-corrected chi connectivity index (χ1v) is 10.9. The fourth-order valence-corrected chi connectivity index (χ4v) is 4.04. The minimum Gasteiger partial charge on any atom is -0.370 e. The number of piperazine rings is 1. The Balaban J connectivity index is 1.45. The molecule has 1 fully saturated rings. The Bertz CT molecular complexity index is 1070. The van der Waals surface area contributed by atoms with Crippen LogP contribution >= 0.6 is 0 Å². The molecule has 4 rings (SSSR count). The quantitative estimate of drug-likeness (QED) is 0.711. The van der Waals surface area contributed by atoms with E-state index in [0.29, 0.717) is 18.1 Å². The van der Waals surface area contributed by atoms with Crippen molar-refractivity contribution < 1.29 is 4.79 Å². The number of rotatable bonds is 6. The van der Waals surface area contributed by atoms with Crippen molar-refractivity contribution in [2.75, 3.05) is 49.6 Å². The summed E-state index contributed by atoms with van der Waals surface area (Å²) in [5, 5.41) is 7.68. The zero-order valence-electron chi connectivity index (χ0n) is 18.9. The SMILES string of the molecule is CC(=N)CC1=NCC(N2CCN(c3ccccc3-c3cnc(N(C)C(C)=O)nc3)CC2)=C1. The lowest BCUT2D eigenvalue weighted by atomic mass is 10.1. The highest BCUT2D eigenvalue weighted by Crippen LogP contribution is 2.31. The summed E-state index contributed by atoms with van der Waals surface area (Å²) < 4.78 is 0. The summed E-state index contributed by atoms with van der Waals surface area (Å²) in [6, 6.07) is 8.32. The molecule has 1 N–H and O–H groups in total. The Morgan fingerprint density at radius 2 is 1.72 bits per heavy atom. The average molecular weight is 432 g/mol. The van der Waals surface area contributed by atoms with Crippen LogP contribution in [-0.4, -0.2) is 72.0 Å². The third-order valence-electron chi connectivity index (χ3n) is 5.88. The molecule has 0 aliphatic carbocycles. The maximum Gasteiger partial charge on any atom is 0.231 e. The van der Waals surface area contributed by atoms with Gasteiger partial charge < -0.3 is 15.2 Å². The van der Waals surface area contributed by atoms with Crippen molar-refractivity contribution in [1.29, 1.82) is 5.41 Å². The maximum absolute atomic E-state index is 11.6. The Morgan fingerprint density at radius 3 is 2.38 bits per heavy atom. The van der Waals surface area contributed by atoms with Crippen molar-refractivity contribution in [3.05, 3.63) is 48.4 Å².